The zero-order chi connectivity index (χ0) is 14.6. The first-order chi connectivity index (χ1) is 9.46. The van der Waals surface area contributed by atoms with E-state index in [2.05, 4.69) is 67.4 Å². The van der Waals surface area contributed by atoms with Gasteiger partial charge >= 0.3 is 0 Å². The number of nitrogens with one attached hydrogen (secondary N) is 1. The maximum absolute atomic E-state index is 4.68. The van der Waals surface area contributed by atoms with Gasteiger partial charge in [-0.05, 0) is 31.6 Å². The van der Waals surface area contributed by atoms with Crippen molar-refractivity contribution in [1.82, 2.24) is 15.2 Å². The fourth-order valence-corrected chi connectivity index (χ4v) is 2.65. The van der Waals surface area contributed by atoms with E-state index < -0.39 is 0 Å². The minimum atomic E-state index is 0.264. The maximum Gasteiger partial charge on any atom is 0.0705 e. The molecule has 0 radical (unpaired) electrons. The number of hydrogen-bond acceptors (Lipinski definition) is 3. The van der Waals surface area contributed by atoms with Crippen molar-refractivity contribution in [2.75, 3.05) is 27.2 Å². The molecule has 0 unspecified atom stereocenters. The zero-order valence-electron chi connectivity index (χ0n) is 13.0. The quantitative estimate of drug-likeness (QED) is 0.875. The summed E-state index contributed by atoms with van der Waals surface area (Å²) in [5.41, 5.74) is 2.43. The van der Waals surface area contributed by atoms with Crippen LogP contribution in [0.25, 0.3) is 10.9 Å². The van der Waals surface area contributed by atoms with Crippen molar-refractivity contribution < 1.29 is 0 Å². The Morgan fingerprint density at radius 2 is 1.85 bits per heavy atom. The molecule has 0 bridgehead atoms. The van der Waals surface area contributed by atoms with Gasteiger partial charge in [-0.1, -0.05) is 38.1 Å². The van der Waals surface area contributed by atoms with Gasteiger partial charge in [0.1, 0.15) is 0 Å². The van der Waals surface area contributed by atoms with E-state index >= 15 is 0 Å². The van der Waals surface area contributed by atoms with Crippen LogP contribution in [0.1, 0.15) is 19.5 Å². The summed E-state index contributed by atoms with van der Waals surface area (Å²) in [6.45, 7) is 7.45. The molecule has 0 spiro atoms. The lowest BCUT2D eigenvalue weighted by Gasteiger charge is -2.28. The molecule has 20 heavy (non-hydrogen) atoms. The first kappa shape index (κ1) is 14.9. The van der Waals surface area contributed by atoms with Gasteiger partial charge in [0.25, 0.3) is 0 Å². The number of aromatic nitrogens is 1. The Morgan fingerprint density at radius 1 is 1.10 bits per heavy atom. The van der Waals surface area contributed by atoms with Crippen molar-refractivity contribution in [3.63, 3.8) is 0 Å². The standard InChI is InChI=1S/C17H25N3/c1-17(2,13-20(3)4)12-18-11-15-10-9-14-7-5-6-8-16(14)19-15/h5-10,18H,11-13H2,1-4H3. The van der Waals surface area contributed by atoms with Crippen molar-refractivity contribution >= 4 is 10.9 Å². The van der Waals surface area contributed by atoms with E-state index in [4.69, 9.17) is 0 Å². The van der Waals surface area contributed by atoms with Crippen LogP contribution in [0.5, 0.6) is 0 Å². The van der Waals surface area contributed by atoms with Crippen LogP contribution in [0.3, 0.4) is 0 Å². The Balaban J connectivity index is 1.92. The summed E-state index contributed by atoms with van der Waals surface area (Å²) in [5.74, 6) is 0. The highest BCUT2D eigenvalue weighted by Crippen LogP contribution is 2.15. The van der Waals surface area contributed by atoms with Gasteiger partial charge < -0.3 is 10.2 Å². The molecule has 1 N–H and O–H groups in total. The van der Waals surface area contributed by atoms with Crippen LogP contribution < -0.4 is 5.32 Å². The van der Waals surface area contributed by atoms with Crippen molar-refractivity contribution in [2.24, 2.45) is 5.41 Å². The first-order valence-electron chi connectivity index (χ1n) is 7.16. The molecule has 0 aliphatic carbocycles. The molecular formula is C17H25N3. The van der Waals surface area contributed by atoms with Crippen molar-refractivity contribution in [1.29, 1.82) is 0 Å². The van der Waals surface area contributed by atoms with Gasteiger partial charge in [-0.15, -0.1) is 0 Å². The number of pyridine rings is 1. The molecule has 0 fully saturated rings. The monoisotopic (exact) mass is 271 g/mol. The molecule has 0 aliphatic heterocycles. The molecule has 108 valence electrons. The Bertz CT molecular complexity index is 561. The summed E-state index contributed by atoms with van der Waals surface area (Å²) in [6.07, 6.45) is 0. The number of para-hydroxylation sites is 1. The van der Waals surface area contributed by atoms with E-state index in [0.717, 1.165) is 30.8 Å². The van der Waals surface area contributed by atoms with Gasteiger partial charge in [0.05, 0.1) is 11.2 Å². The second-order valence-electron chi connectivity index (χ2n) is 6.50. The molecule has 3 nitrogen and oxygen atoms in total. The van der Waals surface area contributed by atoms with Crippen molar-refractivity contribution in [2.45, 2.75) is 20.4 Å². The number of hydrogen-bond donors (Lipinski definition) is 1. The summed E-state index contributed by atoms with van der Waals surface area (Å²) in [7, 11) is 4.24. The molecule has 0 saturated carbocycles. The van der Waals surface area contributed by atoms with Crippen LogP contribution in [0.2, 0.25) is 0 Å². The van der Waals surface area contributed by atoms with Gasteiger partial charge in [-0.2, -0.15) is 0 Å². The third-order valence-electron chi connectivity index (χ3n) is 3.31. The van der Waals surface area contributed by atoms with Gasteiger partial charge in [0.15, 0.2) is 0 Å². The predicted octanol–water partition coefficient (Wildman–Crippen LogP) is 2.91. The predicted molar refractivity (Wildman–Crippen MR) is 85.8 cm³/mol. The van der Waals surface area contributed by atoms with E-state index in [1.807, 2.05) is 12.1 Å². The minimum absolute atomic E-state index is 0.264. The third-order valence-corrected chi connectivity index (χ3v) is 3.31. The molecule has 2 aromatic rings. The smallest absolute Gasteiger partial charge is 0.0705 e. The molecule has 0 aliphatic rings. The molecular weight excluding hydrogens is 246 g/mol. The van der Waals surface area contributed by atoms with E-state index in [1.54, 1.807) is 0 Å². The number of fused-ring (bicyclic) bond motifs is 1. The molecule has 2 rings (SSSR count). The maximum atomic E-state index is 4.68. The molecule has 0 saturated heterocycles. The molecule has 3 heteroatoms. The average molecular weight is 271 g/mol. The Morgan fingerprint density at radius 3 is 2.60 bits per heavy atom. The minimum Gasteiger partial charge on any atom is -0.311 e. The highest BCUT2D eigenvalue weighted by molar-refractivity contribution is 5.78. The van der Waals surface area contributed by atoms with Crippen LogP contribution in [-0.2, 0) is 6.54 Å². The molecule has 0 amide bonds. The highest BCUT2D eigenvalue weighted by Gasteiger charge is 2.18. The SMILES string of the molecule is CN(C)CC(C)(C)CNCc1ccc2ccccc2n1. The van der Waals surface area contributed by atoms with E-state index in [-0.39, 0.29) is 5.41 Å². The fourth-order valence-electron chi connectivity index (χ4n) is 2.65. The van der Waals surface area contributed by atoms with Crippen molar-refractivity contribution in [3.8, 4) is 0 Å². The van der Waals surface area contributed by atoms with Crippen LogP contribution in [-0.4, -0.2) is 37.1 Å². The van der Waals surface area contributed by atoms with Gasteiger partial charge in [-0.25, -0.2) is 0 Å². The summed E-state index contributed by atoms with van der Waals surface area (Å²) in [5, 5.41) is 4.72. The lowest BCUT2D eigenvalue weighted by Crippen LogP contribution is -2.37. The normalized spacial score (nSPS) is 12.2. The molecule has 1 aromatic carbocycles. The molecule has 1 heterocycles. The first-order valence-corrected chi connectivity index (χ1v) is 7.16. The second kappa shape index (κ2) is 6.33. The lowest BCUT2D eigenvalue weighted by molar-refractivity contribution is 0.232. The zero-order valence-corrected chi connectivity index (χ0v) is 13.0. The molecule has 0 atom stereocenters. The van der Waals surface area contributed by atoms with Gasteiger partial charge in [0.2, 0.25) is 0 Å². The summed E-state index contributed by atoms with van der Waals surface area (Å²) >= 11 is 0. The van der Waals surface area contributed by atoms with Crippen LogP contribution in [0.15, 0.2) is 36.4 Å². The lowest BCUT2D eigenvalue weighted by atomic mass is 9.93. The Hall–Kier alpha value is -1.45. The Kier molecular flexibility index (Phi) is 4.73. The van der Waals surface area contributed by atoms with Gasteiger partial charge in [-0.3, -0.25) is 4.98 Å². The largest absolute Gasteiger partial charge is 0.311 e. The van der Waals surface area contributed by atoms with E-state index in [0.29, 0.717) is 0 Å². The van der Waals surface area contributed by atoms with E-state index in [9.17, 15) is 0 Å². The summed E-state index contributed by atoms with van der Waals surface area (Å²) in [6, 6.07) is 12.5. The topological polar surface area (TPSA) is 28.2 Å². The van der Waals surface area contributed by atoms with Gasteiger partial charge in [0, 0.05) is 25.0 Å². The van der Waals surface area contributed by atoms with Crippen molar-refractivity contribution in [3.05, 3.63) is 42.1 Å². The number of benzene rings is 1. The van der Waals surface area contributed by atoms with Crippen LogP contribution >= 0.6 is 0 Å². The fraction of sp³-hybridized carbons (Fsp3) is 0.471. The summed E-state index contributed by atoms with van der Waals surface area (Å²) in [4.78, 5) is 6.91. The number of nitrogens with zero attached hydrogens (tertiary/aromatic N) is 2. The Labute approximate surface area is 122 Å². The number of rotatable bonds is 6. The van der Waals surface area contributed by atoms with Crippen LogP contribution in [0.4, 0.5) is 0 Å². The molecule has 1 aromatic heterocycles. The van der Waals surface area contributed by atoms with Crippen LogP contribution in [0, 0.1) is 5.41 Å². The second-order valence-corrected chi connectivity index (χ2v) is 6.50. The van der Waals surface area contributed by atoms with E-state index in [1.165, 1.54) is 5.39 Å². The average Bonchev–Trinajstić information content (AvgIpc) is 2.37. The third kappa shape index (κ3) is 4.29. The highest BCUT2D eigenvalue weighted by atomic mass is 15.1. The summed E-state index contributed by atoms with van der Waals surface area (Å²) < 4.78 is 0.